The molecule has 0 aliphatic heterocycles. The van der Waals surface area contributed by atoms with E-state index in [4.69, 9.17) is 4.52 Å². The number of hydrogen-bond donors (Lipinski definition) is 0. The summed E-state index contributed by atoms with van der Waals surface area (Å²) in [6.07, 6.45) is 3.47. The zero-order chi connectivity index (χ0) is 14.7. The van der Waals surface area contributed by atoms with Crippen LogP contribution in [0, 0.1) is 20.8 Å². The van der Waals surface area contributed by atoms with E-state index in [1.807, 2.05) is 13.8 Å². The molecular formula is C18H23NO. The smallest absolute Gasteiger partial charge is 0.141 e. The summed E-state index contributed by atoms with van der Waals surface area (Å²) in [5.41, 5.74) is 7.00. The molecule has 0 fully saturated rings. The van der Waals surface area contributed by atoms with E-state index < -0.39 is 0 Å². The molecule has 0 aliphatic carbocycles. The molecule has 2 heteroatoms. The van der Waals surface area contributed by atoms with Crippen LogP contribution in [0.25, 0.3) is 16.7 Å². The van der Waals surface area contributed by atoms with Gasteiger partial charge in [-0.05, 0) is 55.9 Å². The average Bonchev–Trinajstić information content (AvgIpc) is 2.75. The van der Waals surface area contributed by atoms with Crippen LogP contribution in [0.3, 0.4) is 0 Å². The highest BCUT2D eigenvalue weighted by atomic mass is 16.5. The van der Waals surface area contributed by atoms with E-state index in [0.717, 1.165) is 23.4 Å². The molecule has 0 aliphatic rings. The number of allylic oxidation sites excluding steroid dienone is 1. The predicted octanol–water partition coefficient (Wildman–Crippen LogP) is 5.47. The van der Waals surface area contributed by atoms with Crippen LogP contribution in [0.5, 0.6) is 0 Å². The van der Waals surface area contributed by atoms with Gasteiger partial charge in [-0.25, -0.2) is 0 Å². The normalized spacial score (nSPS) is 10.8. The van der Waals surface area contributed by atoms with Gasteiger partial charge >= 0.3 is 0 Å². The third kappa shape index (κ3) is 2.84. The fraction of sp³-hybridized carbons (Fsp3) is 0.389. The minimum atomic E-state index is 0.874. The molecule has 1 heterocycles. The number of aromatic nitrogens is 1. The minimum Gasteiger partial charge on any atom is -0.361 e. The number of benzene rings is 1. The van der Waals surface area contributed by atoms with Crippen molar-refractivity contribution in [1.29, 1.82) is 0 Å². The summed E-state index contributed by atoms with van der Waals surface area (Å²) in [6.45, 7) is 12.5. The standard InChI is InChI=1S/C18H23NO/c1-6-7-8-12(2)17-10-9-16(11-13(17)3)18-14(4)19-20-15(18)5/h9-11H,2,6-8H2,1,3-5H3. The van der Waals surface area contributed by atoms with E-state index in [-0.39, 0.29) is 0 Å². The molecule has 2 nitrogen and oxygen atoms in total. The SMILES string of the molecule is C=C(CCCC)c1ccc(-c2c(C)noc2C)cc1C. The van der Waals surface area contributed by atoms with Crippen LogP contribution >= 0.6 is 0 Å². The lowest BCUT2D eigenvalue weighted by atomic mass is 9.93. The molecule has 2 aromatic rings. The average molecular weight is 269 g/mol. The Bertz CT molecular complexity index is 603. The van der Waals surface area contributed by atoms with Crippen molar-refractivity contribution in [2.24, 2.45) is 0 Å². The first-order valence-electron chi connectivity index (χ1n) is 7.26. The van der Waals surface area contributed by atoms with Crippen molar-refractivity contribution >= 4 is 5.57 Å². The summed E-state index contributed by atoms with van der Waals surface area (Å²) in [5.74, 6) is 0.874. The van der Waals surface area contributed by atoms with Crippen LogP contribution < -0.4 is 0 Å². The number of nitrogens with zero attached hydrogens (tertiary/aromatic N) is 1. The molecular weight excluding hydrogens is 246 g/mol. The highest BCUT2D eigenvalue weighted by Crippen LogP contribution is 2.31. The van der Waals surface area contributed by atoms with Gasteiger partial charge in [0, 0.05) is 5.56 Å². The maximum absolute atomic E-state index is 5.25. The molecule has 0 unspecified atom stereocenters. The van der Waals surface area contributed by atoms with Gasteiger partial charge < -0.3 is 4.52 Å². The van der Waals surface area contributed by atoms with Crippen LogP contribution in [0.4, 0.5) is 0 Å². The Balaban J connectivity index is 2.33. The zero-order valence-electron chi connectivity index (χ0n) is 12.9. The van der Waals surface area contributed by atoms with Crippen molar-refractivity contribution in [1.82, 2.24) is 5.16 Å². The third-order valence-corrected chi connectivity index (χ3v) is 3.76. The van der Waals surface area contributed by atoms with Gasteiger partial charge in [-0.2, -0.15) is 0 Å². The first-order valence-corrected chi connectivity index (χ1v) is 7.26. The molecule has 106 valence electrons. The first-order chi connectivity index (χ1) is 9.54. The Labute approximate surface area is 121 Å². The highest BCUT2D eigenvalue weighted by molar-refractivity contribution is 5.73. The van der Waals surface area contributed by atoms with Gasteiger partial charge in [0.25, 0.3) is 0 Å². The van der Waals surface area contributed by atoms with Crippen LogP contribution in [0.2, 0.25) is 0 Å². The maximum Gasteiger partial charge on any atom is 0.141 e. The lowest BCUT2D eigenvalue weighted by molar-refractivity contribution is 0.393. The van der Waals surface area contributed by atoms with Gasteiger partial charge in [-0.15, -0.1) is 0 Å². The molecule has 2 rings (SSSR count). The highest BCUT2D eigenvalue weighted by Gasteiger charge is 2.12. The lowest BCUT2D eigenvalue weighted by Crippen LogP contribution is -1.91. The topological polar surface area (TPSA) is 26.0 Å². The summed E-state index contributed by atoms with van der Waals surface area (Å²) in [5, 5.41) is 4.03. The second kappa shape index (κ2) is 6.08. The summed E-state index contributed by atoms with van der Waals surface area (Å²) in [4.78, 5) is 0. The molecule has 1 aromatic carbocycles. The largest absolute Gasteiger partial charge is 0.361 e. The van der Waals surface area contributed by atoms with Crippen molar-refractivity contribution in [3.63, 3.8) is 0 Å². The molecule has 0 bridgehead atoms. The molecule has 0 spiro atoms. The fourth-order valence-corrected chi connectivity index (χ4v) is 2.64. The molecule has 0 atom stereocenters. The Hall–Kier alpha value is -1.83. The van der Waals surface area contributed by atoms with Crippen molar-refractivity contribution in [3.05, 3.63) is 47.4 Å². The van der Waals surface area contributed by atoms with E-state index in [0.29, 0.717) is 0 Å². The minimum absolute atomic E-state index is 0.874. The van der Waals surface area contributed by atoms with E-state index >= 15 is 0 Å². The Morgan fingerprint density at radius 2 is 2.00 bits per heavy atom. The number of rotatable bonds is 5. The van der Waals surface area contributed by atoms with E-state index in [1.54, 1.807) is 0 Å². The lowest BCUT2D eigenvalue weighted by Gasteiger charge is -2.11. The summed E-state index contributed by atoms with van der Waals surface area (Å²) in [7, 11) is 0. The molecule has 0 N–H and O–H groups in total. The number of unbranched alkanes of at least 4 members (excludes halogenated alkanes) is 1. The Morgan fingerprint density at radius 3 is 2.55 bits per heavy atom. The molecule has 0 saturated heterocycles. The maximum atomic E-state index is 5.25. The van der Waals surface area contributed by atoms with Crippen molar-refractivity contribution in [2.75, 3.05) is 0 Å². The van der Waals surface area contributed by atoms with Crippen molar-refractivity contribution in [2.45, 2.75) is 47.0 Å². The molecule has 0 amide bonds. The first kappa shape index (κ1) is 14.6. The zero-order valence-corrected chi connectivity index (χ0v) is 12.9. The van der Waals surface area contributed by atoms with Gasteiger partial charge in [0.15, 0.2) is 0 Å². The summed E-state index contributed by atoms with van der Waals surface area (Å²) >= 11 is 0. The van der Waals surface area contributed by atoms with Crippen molar-refractivity contribution < 1.29 is 4.52 Å². The second-order valence-corrected chi connectivity index (χ2v) is 5.44. The van der Waals surface area contributed by atoms with Gasteiger partial charge in [-0.3, -0.25) is 0 Å². The molecule has 20 heavy (non-hydrogen) atoms. The van der Waals surface area contributed by atoms with Gasteiger partial charge in [-0.1, -0.05) is 43.3 Å². The quantitative estimate of drug-likeness (QED) is 0.719. The van der Waals surface area contributed by atoms with Crippen molar-refractivity contribution in [3.8, 4) is 11.1 Å². The number of aryl methyl sites for hydroxylation is 3. The van der Waals surface area contributed by atoms with Crippen LogP contribution in [0.1, 0.15) is 48.8 Å². The van der Waals surface area contributed by atoms with Gasteiger partial charge in [0.1, 0.15) is 5.76 Å². The number of hydrogen-bond acceptors (Lipinski definition) is 2. The monoisotopic (exact) mass is 269 g/mol. The van der Waals surface area contributed by atoms with Crippen LogP contribution in [0.15, 0.2) is 29.3 Å². The van der Waals surface area contributed by atoms with Crippen LogP contribution in [-0.4, -0.2) is 5.16 Å². The predicted molar refractivity (Wildman–Crippen MR) is 84.7 cm³/mol. The molecule has 1 aromatic heterocycles. The third-order valence-electron chi connectivity index (χ3n) is 3.76. The Morgan fingerprint density at radius 1 is 1.25 bits per heavy atom. The second-order valence-electron chi connectivity index (χ2n) is 5.44. The van der Waals surface area contributed by atoms with E-state index in [2.05, 4.69) is 43.8 Å². The van der Waals surface area contributed by atoms with E-state index in [1.165, 1.54) is 35.1 Å². The van der Waals surface area contributed by atoms with Gasteiger partial charge in [0.2, 0.25) is 0 Å². The molecule has 0 saturated carbocycles. The molecule has 0 radical (unpaired) electrons. The Kier molecular flexibility index (Phi) is 4.43. The fourth-order valence-electron chi connectivity index (χ4n) is 2.64. The van der Waals surface area contributed by atoms with Crippen LogP contribution in [-0.2, 0) is 0 Å². The summed E-state index contributed by atoms with van der Waals surface area (Å²) < 4.78 is 5.25. The van der Waals surface area contributed by atoms with E-state index in [9.17, 15) is 0 Å². The summed E-state index contributed by atoms with van der Waals surface area (Å²) in [6, 6.07) is 6.53. The van der Waals surface area contributed by atoms with Gasteiger partial charge in [0.05, 0.1) is 5.69 Å².